The molecule has 3 aromatic carbocycles. The van der Waals surface area contributed by atoms with Crippen LogP contribution in [0.1, 0.15) is 36.8 Å². The summed E-state index contributed by atoms with van der Waals surface area (Å²) >= 11 is 0. The van der Waals surface area contributed by atoms with Crippen LogP contribution in [0.15, 0.2) is 72.8 Å². The van der Waals surface area contributed by atoms with Gasteiger partial charge in [-0.25, -0.2) is 0 Å². The summed E-state index contributed by atoms with van der Waals surface area (Å²) in [6.45, 7) is 7.67. The molecule has 0 radical (unpaired) electrons. The van der Waals surface area contributed by atoms with E-state index in [0.717, 1.165) is 44.8 Å². The van der Waals surface area contributed by atoms with Gasteiger partial charge in [0.1, 0.15) is 0 Å². The molecule has 1 aliphatic heterocycles. The van der Waals surface area contributed by atoms with Crippen LogP contribution >= 0.6 is 0 Å². The third-order valence-corrected chi connectivity index (χ3v) is 7.84. The number of anilines is 1. The number of rotatable bonds is 9. The standard InChI is InChI=1S/C30H34N4O3/c1-2-31(17-15-29-27-9-5-3-7-25(27)26-8-4-6-10-28(26)29)18-16-30(35)33-21-19-32(20-22-33)23-11-13-24(14-12-23)34(36)37/h3-14,29H,2,15-22H2,1H3. The molecule has 7 nitrogen and oxygen atoms in total. The molecule has 2 aliphatic rings. The normalized spacial score (nSPS) is 15.1. The molecule has 0 unspecified atom stereocenters. The van der Waals surface area contributed by atoms with Crippen LogP contribution in [0.3, 0.4) is 0 Å². The van der Waals surface area contributed by atoms with E-state index in [9.17, 15) is 14.9 Å². The Labute approximate surface area is 218 Å². The van der Waals surface area contributed by atoms with Crippen molar-refractivity contribution in [1.29, 1.82) is 0 Å². The van der Waals surface area contributed by atoms with Crippen LogP contribution in [0.5, 0.6) is 0 Å². The molecule has 1 amide bonds. The molecule has 0 bridgehead atoms. The number of non-ortho nitro benzene ring substituents is 1. The maximum Gasteiger partial charge on any atom is 0.269 e. The zero-order chi connectivity index (χ0) is 25.8. The maximum atomic E-state index is 13.0. The Bertz CT molecular complexity index is 1210. The largest absolute Gasteiger partial charge is 0.368 e. The molecular formula is C30H34N4O3. The first-order chi connectivity index (χ1) is 18.0. The fourth-order valence-corrected chi connectivity index (χ4v) is 5.72. The van der Waals surface area contributed by atoms with Crippen molar-refractivity contribution in [2.75, 3.05) is 50.7 Å². The predicted octanol–water partition coefficient (Wildman–Crippen LogP) is 5.16. The van der Waals surface area contributed by atoms with Gasteiger partial charge in [0.05, 0.1) is 4.92 Å². The van der Waals surface area contributed by atoms with Crippen LogP contribution in [0.2, 0.25) is 0 Å². The first kappa shape index (κ1) is 25.0. The molecule has 1 fully saturated rings. The zero-order valence-electron chi connectivity index (χ0n) is 21.4. The van der Waals surface area contributed by atoms with E-state index >= 15 is 0 Å². The van der Waals surface area contributed by atoms with Gasteiger partial charge in [0.25, 0.3) is 5.69 Å². The Kier molecular flexibility index (Phi) is 7.51. The van der Waals surface area contributed by atoms with Crippen molar-refractivity contribution < 1.29 is 9.72 Å². The highest BCUT2D eigenvalue weighted by Gasteiger charge is 2.28. The van der Waals surface area contributed by atoms with Gasteiger partial charge in [-0.1, -0.05) is 55.5 Å². The average Bonchev–Trinajstić information content (AvgIpc) is 3.27. The number of hydrogen-bond acceptors (Lipinski definition) is 5. The number of carbonyl (C=O) groups is 1. The summed E-state index contributed by atoms with van der Waals surface area (Å²) in [6.07, 6.45) is 1.58. The van der Waals surface area contributed by atoms with Gasteiger partial charge in [0, 0.05) is 62.9 Å². The molecule has 1 saturated heterocycles. The molecule has 3 aromatic rings. The lowest BCUT2D eigenvalue weighted by molar-refractivity contribution is -0.384. The number of hydrogen-bond donors (Lipinski definition) is 0. The summed E-state index contributed by atoms with van der Waals surface area (Å²) in [7, 11) is 0. The van der Waals surface area contributed by atoms with Gasteiger partial charge in [-0.05, 0) is 53.9 Å². The molecular weight excluding hydrogens is 464 g/mol. The smallest absolute Gasteiger partial charge is 0.269 e. The number of nitro benzene ring substituents is 1. The van der Waals surface area contributed by atoms with Crippen molar-refractivity contribution in [3.05, 3.63) is 94.0 Å². The predicted molar refractivity (Wildman–Crippen MR) is 147 cm³/mol. The highest BCUT2D eigenvalue weighted by molar-refractivity contribution is 5.79. The van der Waals surface area contributed by atoms with Gasteiger partial charge in [0.2, 0.25) is 5.91 Å². The van der Waals surface area contributed by atoms with Gasteiger partial charge < -0.3 is 14.7 Å². The Balaban J connectivity index is 1.11. The molecule has 1 heterocycles. The van der Waals surface area contributed by atoms with E-state index in [-0.39, 0.29) is 16.5 Å². The summed E-state index contributed by atoms with van der Waals surface area (Å²) < 4.78 is 0. The SMILES string of the molecule is CCN(CCC(=O)N1CCN(c2ccc([N+](=O)[O-])cc2)CC1)CCC1c2ccccc2-c2ccccc21. The van der Waals surface area contributed by atoms with Gasteiger partial charge in [-0.3, -0.25) is 14.9 Å². The van der Waals surface area contributed by atoms with Crippen LogP contribution in [0.4, 0.5) is 11.4 Å². The van der Waals surface area contributed by atoms with E-state index in [1.807, 2.05) is 4.90 Å². The van der Waals surface area contributed by atoms with Crippen LogP contribution in [-0.2, 0) is 4.79 Å². The summed E-state index contributed by atoms with van der Waals surface area (Å²) in [5.74, 6) is 0.614. The lowest BCUT2D eigenvalue weighted by Gasteiger charge is -2.36. The summed E-state index contributed by atoms with van der Waals surface area (Å²) in [5.41, 5.74) is 6.61. The van der Waals surface area contributed by atoms with Gasteiger partial charge in [0.15, 0.2) is 0 Å². The van der Waals surface area contributed by atoms with E-state index in [1.54, 1.807) is 12.1 Å². The second-order valence-electron chi connectivity index (χ2n) is 9.84. The minimum Gasteiger partial charge on any atom is -0.368 e. The molecule has 37 heavy (non-hydrogen) atoms. The van der Waals surface area contributed by atoms with E-state index in [0.29, 0.717) is 25.4 Å². The monoisotopic (exact) mass is 498 g/mol. The number of piperazine rings is 1. The van der Waals surface area contributed by atoms with Crippen LogP contribution in [0, 0.1) is 10.1 Å². The van der Waals surface area contributed by atoms with E-state index in [2.05, 4.69) is 65.3 Å². The summed E-state index contributed by atoms with van der Waals surface area (Å²) in [6, 6.07) is 24.1. The number of nitro groups is 1. The number of fused-ring (bicyclic) bond motifs is 3. The lowest BCUT2D eigenvalue weighted by Crippen LogP contribution is -2.49. The quantitative estimate of drug-likeness (QED) is 0.301. The van der Waals surface area contributed by atoms with Crippen molar-refractivity contribution in [2.24, 2.45) is 0 Å². The van der Waals surface area contributed by atoms with Crippen molar-refractivity contribution in [3.8, 4) is 11.1 Å². The van der Waals surface area contributed by atoms with Crippen molar-refractivity contribution >= 4 is 17.3 Å². The Morgan fingerprint density at radius 3 is 2.05 bits per heavy atom. The lowest BCUT2D eigenvalue weighted by atomic mass is 9.93. The second kappa shape index (κ2) is 11.1. The maximum absolute atomic E-state index is 13.0. The van der Waals surface area contributed by atoms with Gasteiger partial charge in [-0.15, -0.1) is 0 Å². The van der Waals surface area contributed by atoms with E-state index < -0.39 is 0 Å². The third-order valence-electron chi connectivity index (χ3n) is 7.84. The first-order valence-electron chi connectivity index (χ1n) is 13.2. The minimum atomic E-state index is -0.383. The Morgan fingerprint density at radius 2 is 1.49 bits per heavy atom. The molecule has 7 heteroatoms. The number of benzene rings is 3. The first-order valence-corrected chi connectivity index (χ1v) is 13.2. The Hall–Kier alpha value is -3.71. The van der Waals surface area contributed by atoms with E-state index in [1.165, 1.54) is 34.4 Å². The molecule has 0 atom stereocenters. The zero-order valence-corrected chi connectivity index (χ0v) is 21.4. The summed E-state index contributed by atoms with van der Waals surface area (Å²) in [4.78, 5) is 30.0. The fraction of sp³-hybridized carbons (Fsp3) is 0.367. The van der Waals surface area contributed by atoms with Crippen molar-refractivity contribution in [1.82, 2.24) is 9.80 Å². The van der Waals surface area contributed by atoms with E-state index in [4.69, 9.17) is 0 Å². The minimum absolute atomic E-state index is 0.0967. The van der Waals surface area contributed by atoms with Crippen molar-refractivity contribution in [2.45, 2.75) is 25.7 Å². The van der Waals surface area contributed by atoms with Gasteiger partial charge in [-0.2, -0.15) is 0 Å². The fourth-order valence-electron chi connectivity index (χ4n) is 5.72. The molecule has 0 saturated carbocycles. The molecule has 0 aromatic heterocycles. The molecule has 1 aliphatic carbocycles. The summed E-state index contributed by atoms with van der Waals surface area (Å²) in [5, 5.41) is 10.9. The molecule has 5 rings (SSSR count). The Morgan fingerprint density at radius 1 is 0.892 bits per heavy atom. The van der Waals surface area contributed by atoms with Crippen LogP contribution in [-0.4, -0.2) is 66.4 Å². The van der Waals surface area contributed by atoms with Crippen molar-refractivity contribution in [3.63, 3.8) is 0 Å². The topological polar surface area (TPSA) is 69.9 Å². The highest BCUT2D eigenvalue weighted by Crippen LogP contribution is 2.46. The average molecular weight is 499 g/mol. The molecule has 0 N–H and O–H groups in total. The van der Waals surface area contributed by atoms with Crippen LogP contribution < -0.4 is 4.90 Å². The third kappa shape index (κ3) is 5.37. The molecule has 192 valence electrons. The number of amides is 1. The number of carbonyl (C=O) groups excluding carboxylic acids is 1. The highest BCUT2D eigenvalue weighted by atomic mass is 16.6. The molecule has 0 spiro atoms. The second-order valence-corrected chi connectivity index (χ2v) is 9.84. The number of nitrogens with zero attached hydrogens (tertiary/aromatic N) is 4. The van der Waals surface area contributed by atoms with Gasteiger partial charge >= 0.3 is 0 Å². The van der Waals surface area contributed by atoms with Crippen LogP contribution in [0.25, 0.3) is 11.1 Å².